The maximum Gasteiger partial charge on any atom is 0.341 e. The fraction of sp³-hybridized carbons (Fsp3) is 0.476. The van der Waals surface area contributed by atoms with Crippen molar-refractivity contribution >= 4 is 34.4 Å². The molecule has 0 spiro atoms. The maximum atomic E-state index is 12.9. The zero-order valence-electron chi connectivity index (χ0n) is 18.1. The topological polar surface area (TPSA) is 132 Å². The molecule has 2 saturated heterocycles. The van der Waals surface area contributed by atoms with Crippen molar-refractivity contribution in [1.82, 2.24) is 24.4 Å². The zero-order valence-corrected chi connectivity index (χ0v) is 18.9. The number of aryl methyl sites for hydroxylation is 1. The van der Waals surface area contributed by atoms with E-state index in [0.717, 1.165) is 31.0 Å². The van der Waals surface area contributed by atoms with Gasteiger partial charge in [0.1, 0.15) is 17.7 Å². The summed E-state index contributed by atoms with van der Waals surface area (Å²) >= 11 is 1.09. The number of hydrogen-bond donors (Lipinski definition) is 2. The van der Waals surface area contributed by atoms with Crippen LogP contribution in [0.15, 0.2) is 23.4 Å². The summed E-state index contributed by atoms with van der Waals surface area (Å²) in [6.07, 6.45) is 6.12. The van der Waals surface area contributed by atoms with Crippen LogP contribution in [0.3, 0.4) is 0 Å². The Morgan fingerprint density at radius 1 is 1.39 bits per heavy atom. The molecule has 0 saturated carbocycles. The standard InChI is InChI=1S/C21H24N6O5S/c1-12-6-16(26-7-13(8-26)25-32-10-14-4-2-3-5-31-14)24-19-17(12)18(28)15(20(29)30)9-27(19)21-22-11-23-33-21/h6,9,11,13-14,25H,2-5,7-8,10H2,1H3,(H,29,30)/t14-/m1/s1. The summed E-state index contributed by atoms with van der Waals surface area (Å²) in [4.78, 5) is 41.1. The van der Waals surface area contributed by atoms with Crippen LogP contribution in [0.5, 0.6) is 0 Å². The van der Waals surface area contributed by atoms with Gasteiger partial charge in [0.25, 0.3) is 0 Å². The molecule has 0 bridgehead atoms. The van der Waals surface area contributed by atoms with Gasteiger partial charge in [0.05, 0.1) is 24.1 Å². The Labute approximate surface area is 193 Å². The molecule has 12 heteroatoms. The lowest BCUT2D eigenvalue weighted by molar-refractivity contribution is -0.0799. The molecule has 2 aliphatic heterocycles. The molecule has 5 rings (SSSR count). The van der Waals surface area contributed by atoms with Crippen molar-refractivity contribution in [2.45, 2.75) is 38.3 Å². The minimum atomic E-state index is -1.29. The normalized spacial score (nSPS) is 19.1. The number of carbonyl (C=O) groups is 1. The first-order valence-corrected chi connectivity index (χ1v) is 11.6. The number of hydrogen-bond acceptors (Lipinski definition) is 10. The third-order valence-electron chi connectivity index (χ3n) is 5.93. The Balaban J connectivity index is 1.36. The quantitative estimate of drug-likeness (QED) is 0.488. The Kier molecular flexibility index (Phi) is 6.06. The Morgan fingerprint density at radius 3 is 2.94 bits per heavy atom. The van der Waals surface area contributed by atoms with E-state index in [9.17, 15) is 14.7 Å². The molecule has 0 radical (unpaired) electrons. The van der Waals surface area contributed by atoms with Crippen LogP contribution in [0.1, 0.15) is 35.2 Å². The van der Waals surface area contributed by atoms with Crippen molar-refractivity contribution in [2.24, 2.45) is 0 Å². The number of rotatable bonds is 7. The largest absolute Gasteiger partial charge is 0.477 e. The number of nitrogens with one attached hydrogen (secondary N) is 1. The van der Waals surface area contributed by atoms with E-state index in [2.05, 4.69) is 19.7 Å². The third kappa shape index (κ3) is 4.34. The van der Waals surface area contributed by atoms with E-state index < -0.39 is 11.4 Å². The van der Waals surface area contributed by atoms with Crippen LogP contribution in [0, 0.1) is 6.92 Å². The molecule has 2 N–H and O–H groups in total. The number of carboxylic acids is 1. The molecule has 3 aromatic heterocycles. The van der Waals surface area contributed by atoms with Crippen LogP contribution in [0.25, 0.3) is 16.2 Å². The fourth-order valence-electron chi connectivity index (χ4n) is 4.15. The van der Waals surface area contributed by atoms with Gasteiger partial charge in [-0.2, -0.15) is 9.85 Å². The lowest BCUT2D eigenvalue weighted by Gasteiger charge is -2.40. The lowest BCUT2D eigenvalue weighted by atomic mass is 10.1. The van der Waals surface area contributed by atoms with Crippen LogP contribution in [0.4, 0.5) is 5.82 Å². The Morgan fingerprint density at radius 2 is 2.24 bits per heavy atom. The van der Waals surface area contributed by atoms with E-state index in [4.69, 9.17) is 14.6 Å². The van der Waals surface area contributed by atoms with Crippen LogP contribution in [-0.4, -0.2) is 68.4 Å². The van der Waals surface area contributed by atoms with Gasteiger partial charge < -0.3 is 14.7 Å². The van der Waals surface area contributed by atoms with Crippen molar-refractivity contribution in [3.8, 4) is 5.13 Å². The molecule has 0 aliphatic carbocycles. The number of fused-ring (bicyclic) bond motifs is 1. The summed E-state index contributed by atoms with van der Waals surface area (Å²) in [7, 11) is 0. The molecular formula is C21H24N6O5S. The first-order valence-electron chi connectivity index (χ1n) is 10.8. The monoisotopic (exact) mass is 472 g/mol. The first kappa shape index (κ1) is 21.9. The van der Waals surface area contributed by atoms with Crippen molar-refractivity contribution < 1.29 is 19.5 Å². The molecule has 174 valence electrons. The summed E-state index contributed by atoms with van der Waals surface area (Å²) in [5, 5.41) is 10.2. The van der Waals surface area contributed by atoms with Crippen molar-refractivity contribution in [3.05, 3.63) is 39.9 Å². The molecular weight excluding hydrogens is 448 g/mol. The summed E-state index contributed by atoms with van der Waals surface area (Å²) in [5.74, 6) is -0.590. The fourth-order valence-corrected chi connectivity index (χ4v) is 4.66. The summed E-state index contributed by atoms with van der Waals surface area (Å²) < 4.78 is 11.2. The summed E-state index contributed by atoms with van der Waals surface area (Å²) in [6, 6.07) is 1.97. The highest BCUT2D eigenvalue weighted by molar-refractivity contribution is 7.08. The minimum absolute atomic E-state index is 0.153. The third-order valence-corrected chi connectivity index (χ3v) is 6.59. The van der Waals surface area contributed by atoms with E-state index >= 15 is 0 Å². The second-order valence-electron chi connectivity index (χ2n) is 8.29. The summed E-state index contributed by atoms with van der Waals surface area (Å²) in [6.45, 7) is 4.51. The van der Waals surface area contributed by atoms with Gasteiger partial charge in [-0.15, -0.1) is 0 Å². The van der Waals surface area contributed by atoms with Gasteiger partial charge in [-0.3, -0.25) is 14.2 Å². The zero-order chi connectivity index (χ0) is 22.9. The van der Waals surface area contributed by atoms with Crippen LogP contribution in [0.2, 0.25) is 0 Å². The SMILES string of the molecule is Cc1cc(N2CC(NOC[C@H]3CCCCO3)C2)nc2c1c(=O)c(C(=O)O)cn2-c1ncns1. The van der Waals surface area contributed by atoms with Crippen LogP contribution < -0.4 is 15.8 Å². The molecule has 0 aromatic carbocycles. The molecule has 0 amide bonds. The number of pyridine rings is 2. The van der Waals surface area contributed by atoms with Crippen molar-refractivity contribution in [3.63, 3.8) is 0 Å². The number of hydroxylamine groups is 1. The molecule has 33 heavy (non-hydrogen) atoms. The van der Waals surface area contributed by atoms with Gasteiger partial charge in [0.2, 0.25) is 10.6 Å². The molecule has 0 unspecified atom stereocenters. The second-order valence-corrected chi connectivity index (χ2v) is 9.04. The predicted molar refractivity (Wildman–Crippen MR) is 121 cm³/mol. The number of carboxylic acid groups (broad SMARTS) is 1. The maximum absolute atomic E-state index is 12.9. The van der Waals surface area contributed by atoms with Gasteiger partial charge in [-0.1, -0.05) is 0 Å². The van der Waals surface area contributed by atoms with Gasteiger partial charge in [0, 0.05) is 37.4 Å². The number of aromatic nitrogens is 4. The predicted octanol–water partition coefficient (Wildman–Crippen LogP) is 1.52. The molecule has 2 aliphatic rings. The smallest absolute Gasteiger partial charge is 0.341 e. The summed E-state index contributed by atoms with van der Waals surface area (Å²) in [5.41, 5.74) is 3.22. The van der Waals surface area contributed by atoms with Gasteiger partial charge in [0.15, 0.2) is 5.65 Å². The minimum Gasteiger partial charge on any atom is -0.477 e. The van der Waals surface area contributed by atoms with E-state index in [1.54, 1.807) is 6.92 Å². The molecule has 1 atom stereocenters. The van der Waals surface area contributed by atoms with E-state index in [1.165, 1.54) is 23.5 Å². The van der Waals surface area contributed by atoms with E-state index in [-0.39, 0.29) is 23.1 Å². The van der Waals surface area contributed by atoms with E-state index in [1.807, 2.05) is 6.07 Å². The lowest BCUT2D eigenvalue weighted by Crippen LogP contribution is -2.58. The molecule has 3 aromatic rings. The highest BCUT2D eigenvalue weighted by Crippen LogP contribution is 2.26. The average Bonchev–Trinajstić information content (AvgIpc) is 3.30. The average molecular weight is 473 g/mol. The number of aromatic carboxylic acids is 1. The van der Waals surface area contributed by atoms with Gasteiger partial charge >= 0.3 is 5.97 Å². The number of anilines is 1. The molecule has 5 heterocycles. The van der Waals surface area contributed by atoms with Crippen molar-refractivity contribution in [1.29, 1.82) is 0 Å². The number of nitrogens with zero attached hydrogens (tertiary/aromatic N) is 5. The Hall–Kier alpha value is -2.93. The van der Waals surface area contributed by atoms with Crippen LogP contribution >= 0.6 is 11.5 Å². The highest BCUT2D eigenvalue weighted by atomic mass is 32.1. The Bertz CT molecular complexity index is 1220. The van der Waals surface area contributed by atoms with Gasteiger partial charge in [-0.25, -0.2) is 14.8 Å². The van der Waals surface area contributed by atoms with Gasteiger partial charge in [-0.05, 0) is 37.8 Å². The van der Waals surface area contributed by atoms with E-state index in [0.29, 0.717) is 41.9 Å². The molecule has 2 fully saturated rings. The highest BCUT2D eigenvalue weighted by Gasteiger charge is 2.30. The second kappa shape index (κ2) is 9.14. The molecule has 11 nitrogen and oxygen atoms in total. The van der Waals surface area contributed by atoms with Crippen molar-refractivity contribution in [2.75, 3.05) is 31.2 Å². The number of ether oxygens (including phenoxy) is 1. The first-order chi connectivity index (χ1) is 16.0. The van der Waals surface area contributed by atoms with Crippen LogP contribution in [-0.2, 0) is 9.57 Å².